The number of rotatable bonds is 5. The van der Waals surface area contributed by atoms with E-state index in [1.165, 1.54) is 6.20 Å². The molecule has 1 saturated heterocycles. The second-order valence-electron chi connectivity index (χ2n) is 7.87. The Hall–Kier alpha value is -3.33. The molecule has 1 aromatic carbocycles. The minimum absolute atomic E-state index is 0.201. The van der Waals surface area contributed by atoms with Gasteiger partial charge in [-0.3, -0.25) is 4.79 Å². The second-order valence-corrected chi connectivity index (χ2v) is 7.87. The van der Waals surface area contributed by atoms with Crippen LogP contribution in [0.5, 0.6) is 5.75 Å². The minimum Gasteiger partial charge on any atom is -0.490 e. The summed E-state index contributed by atoms with van der Waals surface area (Å²) in [4.78, 5) is 23.8. The largest absolute Gasteiger partial charge is 0.490 e. The number of aliphatic hydroxyl groups excluding tert-OH is 1. The van der Waals surface area contributed by atoms with Crippen molar-refractivity contribution in [2.45, 2.75) is 19.8 Å². The molecule has 0 atom stereocenters. The van der Waals surface area contributed by atoms with Gasteiger partial charge in [-0.05, 0) is 37.3 Å². The van der Waals surface area contributed by atoms with E-state index in [1.807, 2.05) is 19.1 Å². The molecule has 9 heteroatoms. The molecule has 31 heavy (non-hydrogen) atoms. The van der Waals surface area contributed by atoms with E-state index in [0.29, 0.717) is 24.8 Å². The first-order valence-corrected chi connectivity index (χ1v) is 10.5. The molecule has 0 spiro atoms. The van der Waals surface area contributed by atoms with Crippen LogP contribution in [0.1, 0.15) is 24.2 Å². The maximum absolute atomic E-state index is 13.1. The van der Waals surface area contributed by atoms with Gasteiger partial charge < -0.3 is 31.1 Å². The number of hydrogen-bond donors (Lipinski definition) is 4. The number of anilines is 3. The highest BCUT2D eigenvalue weighted by Gasteiger charge is 2.25. The summed E-state index contributed by atoms with van der Waals surface area (Å²) >= 11 is 0. The Kier molecular flexibility index (Phi) is 6.22. The van der Waals surface area contributed by atoms with Crippen molar-refractivity contribution in [2.24, 2.45) is 11.7 Å². The molecule has 9 nitrogen and oxygen atoms in total. The van der Waals surface area contributed by atoms with Gasteiger partial charge in [-0.15, -0.1) is 0 Å². The number of hydrogen-bond acceptors (Lipinski definition) is 8. The molecule has 0 bridgehead atoms. The molecule has 3 heterocycles. The molecular formula is C22H28N6O3. The van der Waals surface area contributed by atoms with Crippen LogP contribution in [0.4, 0.5) is 17.1 Å². The smallest absolute Gasteiger partial charge is 0.261 e. The normalized spacial score (nSPS) is 16.8. The lowest BCUT2D eigenvalue weighted by molar-refractivity contribution is -0.111. The van der Waals surface area contributed by atoms with E-state index in [4.69, 9.17) is 10.5 Å². The first-order chi connectivity index (χ1) is 15.1. The molecule has 1 amide bonds. The number of aliphatic hydroxyl groups is 1. The SMILES string of the molecule is Cc1cnc(C(=CN)C(=O)Nc2cc3c(cc2N2CCC(CO)CC2)OCCN3)nc1. The number of piperidine rings is 1. The fourth-order valence-electron chi connectivity index (χ4n) is 3.86. The van der Waals surface area contributed by atoms with Crippen LogP contribution in [0.2, 0.25) is 0 Å². The second kappa shape index (κ2) is 9.22. The van der Waals surface area contributed by atoms with Crippen molar-refractivity contribution in [3.8, 4) is 5.75 Å². The lowest BCUT2D eigenvalue weighted by Gasteiger charge is -2.35. The van der Waals surface area contributed by atoms with E-state index in [-0.39, 0.29) is 23.9 Å². The van der Waals surface area contributed by atoms with Crippen LogP contribution in [-0.2, 0) is 4.79 Å². The topological polar surface area (TPSA) is 126 Å². The van der Waals surface area contributed by atoms with Gasteiger partial charge in [0.1, 0.15) is 12.4 Å². The maximum Gasteiger partial charge on any atom is 0.261 e. The Morgan fingerprint density at radius 3 is 2.77 bits per heavy atom. The van der Waals surface area contributed by atoms with Gasteiger partial charge in [0.25, 0.3) is 5.91 Å². The van der Waals surface area contributed by atoms with Gasteiger partial charge in [0.15, 0.2) is 5.82 Å². The average Bonchev–Trinajstić information content (AvgIpc) is 2.80. The number of amides is 1. The highest BCUT2D eigenvalue weighted by Crippen LogP contribution is 2.40. The zero-order valence-electron chi connectivity index (χ0n) is 17.6. The Balaban J connectivity index is 1.63. The number of aromatic nitrogens is 2. The quantitative estimate of drug-likeness (QED) is 0.535. The Morgan fingerprint density at radius 1 is 1.35 bits per heavy atom. The van der Waals surface area contributed by atoms with Crippen LogP contribution in [-0.4, -0.2) is 53.8 Å². The molecule has 1 fully saturated rings. The van der Waals surface area contributed by atoms with Crippen molar-refractivity contribution in [1.29, 1.82) is 0 Å². The molecule has 164 valence electrons. The minimum atomic E-state index is -0.380. The number of nitrogens with two attached hydrogens (primary N) is 1. The molecular weight excluding hydrogens is 396 g/mol. The van der Waals surface area contributed by atoms with Crippen LogP contribution in [0, 0.1) is 12.8 Å². The average molecular weight is 425 g/mol. The molecule has 0 aliphatic carbocycles. The van der Waals surface area contributed by atoms with Crippen LogP contribution in [0.15, 0.2) is 30.7 Å². The number of aryl methyl sites for hydroxylation is 1. The van der Waals surface area contributed by atoms with Crippen molar-refractivity contribution >= 4 is 28.5 Å². The highest BCUT2D eigenvalue weighted by atomic mass is 16.5. The van der Waals surface area contributed by atoms with E-state index in [1.54, 1.807) is 12.4 Å². The summed E-state index contributed by atoms with van der Waals surface area (Å²) < 4.78 is 5.81. The number of ether oxygens (including phenoxy) is 1. The van der Waals surface area contributed by atoms with E-state index < -0.39 is 0 Å². The maximum atomic E-state index is 13.1. The zero-order chi connectivity index (χ0) is 21.8. The monoisotopic (exact) mass is 424 g/mol. The van der Waals surface area contributed by atoms with Gasteiger partial charge in [0, 0.05) is 50.9 Å². The zero-order valence-corrected chi connectivity index (χ0v) is 17.6. The van der Waals surface area contributed by atoms with Crippen LogP contribution < -0.4 is 26.0 Å². The predicted molar refractivity (Wildman–Crippen MR) is 120 cm³/mol. The van der Waals surface area contributed by atoms with E-state index >= 15 is 0 Å². The number of fused-ring (bicyclic) bond motifs is 1. The molecule has 0 unspecified atom stereocenters. The summed E-state index contributed by atoms with van der Waals surface area (Å²) in [5.41, 5.74) is 9.23. The fraction of sp³-hybridized carbons (Fsp3) is 0.409. The molecule has 2 aliphatic heterocycles. The van der Waals surface area contributed by atoms with Crippen molar-refractivity contribution in [3.63, 3.8) is 0 Å². The fourth-order valence-corrected chi connectivity index (χ4v) is 3.86. The first-order valence-electron chi connectivity index (χ1n) is 10.5. The Labute approximate surface area is 181 Å². The van der Waals surface area contributed by atoms with Crippen molar-refractivity contribution in [2.75, 3.05) is 48.4 Å². The van der Waals surface area contributed by atoms with E-state index in [0.717, 1.165) is 48.6 Å². The first kappa shape index (κ1) is 20.9. The van der Waals surface area contributed by atoms with Gasteiger partial charge in [0.2, 0.25) is 0 Å². The van der Waals surface area contributed by atoms with Crippen molar-refractivity contribution in [1.82, 2.24) is 9.97 Å². The molecule has 0 saturated carbocycles. The number of carbonyl (C=O) groups is 1. The van der Waals surface area contributed by atoms with Gasteiger partial charge in [-0.2, -0.15) is 0 Å². The van der Waals surface area contributed by atoms with Gasteiger partial charge in [-0.1, -0.05) is 0 Å². The number of nitrogens with zero attached hydrogens (tertiary/aromatic N) is 3. The predicted octanol–water partition coefficient (Wildman–Crippen LogP) is 1.74. The molecule has 2 aromatic rings. The molecule has 1 aromatic heterocycles. The third-order valence-corrected chi connectivity index (χ3v) is 5.67. The Morgan fingerprint density at radius 2 is 2.10 bits per heavy atom. The van der Waals surface area contributed by atoms with Crippen LogP contribution in [0.25, 0.3) is 5.57 Å². The molecule has 5 N–H and O–H groups in total. The summed E-state index contributed by atoms with van der Waals surface area (Å²) in [6, 6.07) is 3.86. The number of nitrogens with one attached hydrogen (secondary N) is 2. The third kappa shape index (κ3) is 4.56. The van der Waals surface area contributed by atoms with Crippen LogP contribution in [0.3, 0.4) is 0 Å². The summed E-state index contributed by atoms with van der Waals surface area (Å²) in [6.45, 7) is 4.96. The summed E-state index contributed by atoms with van der Waals surface area (Å²) in [5, 5.41) is 15.8. The molecule has 2 aliphatic rings. The van der Waals surface area contributed by atoms with Crippen molar-refractivity contribution in [3.05, 3.63) is 42.1 Å². The van der Waals surface area contributed by atoms with Crippen LogP contribution >= 0.6 is 0 Å². The standard InChI is InChI=1S/C22H28N6O3/c1-14-11-25-21(26-12-14)16(10-23)22(30)27-17-8-18-20(31-7-4-24-18)9-19(17)28-5-2-15(13-29)3-6-28/h8-12,15,24,29H,2-7,13,23H2,1H3,(H,27,30). The Bertz CT molecular complexity index is 968. The summed E-state index contributed by atoms with van der Waals surface area (Å²) in [6.07, 6.45) is 6.31. The lowest BCUT2D eigenvalue weighted by Crippen LogP contribution is -2.35. The number of carbonyl (C=O) groups excluding carboxylic acids is 1. The summed E-state index contributed by atoms with van der Waals surface area (Å²) in [5.74, 6) is 0.972. The van der Waals surface area contributed by atoms with E-state index in [2.05, 4.69) is 25.5 Å². The molecule has 0 radical (unpaired) electrons. The third-order valence-electron chi connectivity index (χ3n) is 5.67. The van der Waals surface area contributed by atoms with Gasteiger partial charge >= 0.3 is 0 Å². The van der Waals surface area contributed by atoms with E-state index in [9.17, 15) is 9.90 Å². The van der Waals surface area contributed by atoms with Gasteiger partial charge in [-0.25, -0.2) is 9.97 Å². The highest BCUT2D eigenvalue weighted by molar-refractivity contribution is 6.25. The van der Waals surface area contributed by atoms with Crippen molar-refractivity contribution < 1.29 is 14.6 Å². The molecule has 4 rings (SSSR count). The lowest BCUT2D eigenvalue weighted by atomic mass is 9.97. The number of benzene rings is 1. The van der Waals surface area contributed by atoms with Gasteiger partial charge in [0.05, 0.1) is 22.6 Å². The summed E-state index contributed by atoms with van der Waals surface area (Å²) in [7, 11) is 0.